The number of nitrogens with one attached hydrogen (secondary N) is 1. The van der Waals surface area contributed by atoms with Crippen molar-refractivity contribution in [2.75, 3.05) is 6.54 Å². The summed E-state index contributed by atoms with van der Waals surface area (Å²) in [6, 6.07) is 0.185. The minimum absolute atomic E-state index is 0.0713. The van der Waals surface area contributed by atoms with Crippen LogP contribution >= 0.6 is 0 Å². The number of nitrogens with zero attached hydrogens (tertiary/aromatic N) is 5. The number of aryl methyl sites for hydroxylation is 1. The van der Waals surface area contributed by atoms with Gasteiger partial charge in [0.2, 0.25) is 0 Å². The van der Waals surface area contributed by atoms with Crippen LogP contribution in [0.25, 0.3) is 0 Å². The van der Waals surface area contributed by atoms with Crippen molar-refractivity contribution in [1.82, 2.24) is 30.1 Å². The van der Waals surface area contributed by atoms with E-state index in [9.17, 15) is 4.79 Å². The highest BCUT2D eigenvalue weighted by Crippen LogP contribution is 2.26. The highest BCUT2D eigenvalue weighted by molar-refractivity contribution is 5.94. The van der Waals surface area contributed by atoms with E-state index in [1.807, 2.05) is 11.1 Å². The molecular weight excluding hydrogens is 280 g/mol. The van der Waals surface area contributed by atoms with Gasteiger partial charge in [0.15, 0.2) is 5.69 Å². The van der Waals surface area contributed by atoms with E-state index in [0.29, 0.717) is 12.2 Å². The van der Waals surface area contributed by atoms with E-state index in [1.54, 1.807) is 10.9 Å². The normalized spacial score (nSPS) is 21.1. The zero-order valence-electron chi connectivity index (χ0n) is 12.5. The second-order valence-corrected chi connectivity index (χ2v) is 6.16. The Morgan fingerprint density at radius 2 is 2.23 bits per heavy atom. The third-order valence-electron chi connectivity index (χ3n) is 4.77. The maximum absolute atomic E-state index is 12.9. The monoisotopic (exact) mass is 300 g/mol. The molecule has 2 aliphatic rings. The quantitative estimate of drug-likeness (QED) is 0.923. The number of H-pyrrole nitrogens is 1. The van der Waals surface area contributed by atoms with E-state index in [-0.39, 0.29) is 11.9 Å². The van der Waals surface area contributed by atoms with Gasteiger partial charge in [0.25, 0.3) is 5.91 Å². The molecule has 4 rings (SSSR count). The Morgan fingerprint density at radius 1 is 1.32 bits per heavy atom. The Bertz CT molecular complexity index is 662. The lowest BCUT2D eigenvalue weighted by atomic mass is 9.95. The lowest BCUT2D eigenvalue weighted by Crippen LogP contribution is -2.38. The molecular formula is C15H20N6O. The number of carbonyl (C=O) groups excluding carboxylic acids is 1. The molecule has 1 fully saturated rings. The molecule has 1 atom stereocenters. The lowest BCUT2D eigenvalue weighted by Gasteiger charge is -2.24. The highest BCUT2D eigenvalue weighted by atomic mass is 16.2. The van der Waals surface area contributed by atoms with Crippen LogP contribution in [0, 0.1) is 0 Å². The summed E-state index contributed by atoms with van der Waals surface area (Å²) in [6.45, 7) is 1.51. The minimum Gasteiger partial charge on any atom is -0.332 e. The fraction of sp³-hybridized carbons (Fsp3) is 0.600. The summed E-state index contributed by atoms with van der Waals surface area (Å²) >= 11 is 0. The van der Waals surface area contributed by atoms with Crippen molar-refractivity contribution in [2.45, 2.75) is 51.1 Å². The molecule has 0 unspecified atom stereocenters. The maximum atomic E-state index is 12.9. The molecule has 7 heteroatoms. The van der Waals surface area contributed by atoms with Gasteiger partial charge in [-0.2, -0.15) is 5.10 Å². The van der Waals surface area contributed by atoms with Crippen LogP contribution in [0.1, 0.15) is 47.4 Å². The maximum Gasteiger partial charge on any atom is 0.274 e. The number of fused-ring (bicyclic) bond motifs is 1. The fourth-order valence-corrected chi connectivity index (χ4v) is 3.63. The van der Waals surface area contributed by atoms with Gasteiger partial charge in [0.1, 0.15) is 0 Å². The number of likely N-dealkylation sites (tertiary alicyclic amines) is 1. The summed E-state index contributed by atoms with van der Waals surface area (Å²) in [6.07, 6.45) is 9.88. The van der Waals surface area contributed by atoms with Crippen molar-refractivity contribution in [1.29, 1.82) is 0 Å². The molecule has 0 radical (unpaired) electrons. The van der Waals surface area contributed by atoms with Crippen LogP contribution in [-0.2, 0) is 19.4 Å². The second-order valence-electron chi connectivity index (χ2n) is 6.16. The highest BCUT2D eigenvalue weighted by Gasteiger charge is 2.33. The molecule has 3 heterocycles. The number of hydrogen-bond acceptors (Lipinski definition) is 4. The summed E-state index contributed by atoms with van der Waals surface area (Å²) in [5, 5.41) is 15.2. The van der Waals surface area contributed by atoms with E-state index in [4.69, 9.17) is 0 Å². The number of hydrogen-bond donors (Lipinski definition) is 1. The molecule has 0 bridgehead atoms. The molecule has 0 aromatic carbocycles. The SMILES string of the molecule is O=C(c1n[nH]c2c1CCCC2)N1CCC[C@H]1Cn1ccnn1. The van der Waals surface area contributed by atoms with Crippen LogP contribution < -0.4 is 0 Å². The van der Waals surface area contributed by atoms with Gasteiger partial charge in [0, 0.05) is 24.0 Å². The Kier molecular flexibility index (Phi) is 3.40. The van der Waals surface area contributed by atoms with Crippen LogP contribution in [0.4, 0.5) is 0 Å². The number of carbonyl (C=O) groups is 1. The number of rotatable bonds is 3. The summed E-state index contributed by atoms with van der Waals surface area (Å²) < 4.78 is 1.80. The predicted molar refractivity (Wildman–Crippen MR) is 79.3 cm³/mol. The van der Waals surface area contributed by atoms with E-state index in [0.717, 1.165) is 49.9 Å². The first-order valence-electron chi connectivity index (χ1n) is 8.04. The largest absolute Gasteiger partial charge is 0.332 e. The Balaban J connectivity index is 1.55. The third kappa shape index (κ3) is 2.30. The molecule has 1 aliphatic heterocycles. The van der Waals surface area contributed by atoms with E-state index >= 15 is 0 Å². The van der Waals surface area contributed by atoms with Crippen LogP contribution in [-0.4, -0.2) is 48.6 Å². The predicted octanol–water partition coefficient (Wildman–Crippen LogP) is 1.18. The lowest BCUT2D eigenvalue weighted by molar-refractivity contribution is 0.0714. The Labute approximate surface area is 128 Å². The fourth-order valence-electron chi connectivity index (χ4n) is 3.63. The van der Waals surface area contributed by atoms with Crippen LogP contribution in [0.3, 0.4) is 0 Å². The van der Waals surface area contributed by atoms with Gasteiger partial charge in [-0.1, -0.05) is 5.21 Å². The zero-order chi connectivity index (χ0) is 14.9. The summed E-state index contributed by atoms with van der Waals surface area (Å²) in [4.78, 5) is 14.9. The first-order valence-corrected chi connectivity index (χ1v) is 8.04. The van der Waals surface area contributed by atoms with Crippen LogP contribution in [0.15, 0.2) is 12.4 Å². The van der Waals surface area contributed by atoms with Crippen LogP contribution in [0.2, 0.25) is 0 Å². The van der Waals surface area contributed by atoms with Crippen molar-refractivity contribution in [3.05, 3.63) is 29.3 Å². The molecule has 2 aromatic rings. The van der Waals surface area contributed by atoms with Gasteiger partial charge in [-0.15, -0.1) is 5.10 Å². The van der Waals surface area contributed by atoms with E-state index in [1.165, 1.54) is 6.42 Å². The standard InChI is InChI=1S/C15H20N6O/c22-15(14-12-5-1-2-6-13(12)17-18-14)21-8-3-4-11(21)10-20-9-7-16-19-20/h7,9,11H,1-6,8,10H2,(H,17,18)/t11-/m0/s1. The van der Waals surface area contributed by atoms with Gasteiger partial charge in [0.05, 0.1) is 18.8 Å². The van der Waals surface area contributed by atoms with Gasteiger partial charge < -0.3 is 4.90 Å². The molecule has 116 valence electrons. The first kappa shape index (κ1) is 13.5. The topological polar surface area (TPSA) is 79.7 Å². The van der Waals surface area contributed by atoms with Crippen molar-refractivity contribution < 1.29 is 4.79 Å². The van der Waals surface area contributed by atoms with Gasteiger partial charge in [-0.05, 0) is 38.5 Å². The third-order valence-corrected chi connectivity index (χ3v) is 4.77. The number of amides is 1. The smallest absolute Gasteiger partial charge is 0.274 e. The molecule has 2 aromatic heterocycles. The molecule has 0 spiro atoms. The van der Waals surface area contributed by atoms with Crippen LogP contribution in [0.5, 0.6) is 0 Å². The summed E-state index contributed by atoms with van der Waals surface area (Å²) in [7, 11) is 0. The van der Waals surface area contributed by atoms with E-state index in [2.05, 4.69) is 20.5 Å². The molecule has 22 heavy (non-hydrogen) atoms. The molecule has 7 nitrogen and oxygen atoms in total. The molecule has 1 amide bonds. The van der Waals surface area contributed by atoms with Gasteiger partial charge >= 0.3 is 0 Å². The minimum atomic E-state index is 0.0713. The summed E-state index contributed by atoms with van der Waals surface area (Å²) in [5.41, 5.74) is 2.93. The van der Waals surface area contributed by atoms with Gasteiger partial charge in [-0.3, -0.25) is 14.6 Å². The van der Waals surface area contributed by atoms with Crippen molar-refractivity contribution >= 4 is 5.91 Å². The first-order chi connectivity index (χ1) is 10.8. The van der Waals surface area contributed by atoms with Gasteiger partial charge in [-0.25, -0.2) is 0 Å². The van der Waals surface area contributed by atoms with Crippen molar-refractivity contribution in [2.24, 2.45) is 0 Å². The Hall–Kier alpha value is -2.18. The van der Waals surface area contributed by atoms with E-state index < -0.39 is 0 Å². The average Bonchev–Trinajstić information content (AvgIpc) is 3.27. The Morgan fingerprint density at radius 3 is 3.09 bits per heavy atom. The summed E-state index contributed by atoms with van der Waals surface area (Å²) in [5.74, 6) is 0.0713. The second kappa shape index (κ2) is 5.55. The average molecular weight is 300 g/mol. The molecule has 1 N–H and O–H groups in total. The zero-order valence-corrected chi connectivity index (χ0v) is 12.5. The molecule has 1 aliphatic carbocycles. The number of aromatic amines is 1. The molecule has 0 saturated carbocycles. The van der Waals surface area contributed by atoms with Crippen molar-refractivity contribution in [3.63, 3.8) is 0 Å². The van der Waals surface area contributed by atoms with Crippen molar-refractivity contribution in [3.8, 4) is 0 Å². The molecule has 1 saturated heterocycles. The number of aromatic nitrogens is 5.